The van der Waals surface area contributed by atoms with Crippen molar-refractivity contribution in [1.29, 1.82) is 0 Å². The maximum Gasteiger partial charge on any atom is 0.250 e. The highest BCUT2D eigenvalue weighted by Crippen LogP contribution is 2.39. The van der Waals surface area contributed by atoms with Gasteiger partial charge in [-0.2, -0.15) is 4.68 Å². The van der Waals surface area contributed by atoms with Crippen LogP contribution in [0.4, 0.5) is 11.4 Å². The Morgan fingerprint density at radius 3 is 2.61 bits per heavy atom. The molecule has 0 saturated carbocycles. The lowest BCUT2D eigenvalue weighted by Crippen LogP contribution is -2.60. The summed E-state index contributed by atoms with van der Waals surface area (Å²) >= 11 is 1.19. The lowest BCUT2D eigenvalue weighted by atomic mass is 9.96. The van der Waals surface area contributed by atoms with E-state index >= 15 is 0 Å². The van der Waals surface area contributed by atoms with Crippen LogP contribution in [0.25, 0.3) is 5.69 Å². The molecule has 2 heterocycles. The molecule has 1 aliphatic heterocycles. The molecule has 1 atom stereocenters. The van der Waals surface area contributed by atoms with Crippen molar-refractivity contribution >= 4 is 35.0 Å². The van der Waals surface area contributed by atoms with Gasteiger partial charge in [0.25, 0.3) is 0 Å². The number of fused-ring (bicyclic) bond motifs is 1. The predicted octanol–water partition coefficient (Wildman–Crippen LogP) is 2.92. The highest BCUT2D eigenvalue weighted by Gasteiger charge is 2.45. The molecule has 0 spiro atoms. The number of hydrogen-bond acceptors (Lipinski definition) is 8. The van der Waals surface area contributed by atoms with E-state index in [2.05, 4.69) is 20.8 Å². The third kappa shape index (κ3) is 3.99. The maximum absolute atomic E-state index is 13.6. The number of carbonyl (C=O) groups excluding carboxylic acids is 2. The van der Waals surface area contributed by atoms with Gasteiger partial charge in [-0.1, -0.05) is 23.9 Å². The molecule has 0 fully saturated rings. The number of aromatic nitrogens is 4. The molecule has 1 unspecified atom stereocenters. The third-order valence-corrected chi connectivity index (χ3v) is 6.43. The number of hydrogen-bond donors (Lipinski definition) is 1. The normalized spacial score (nSPS) is 15.4. The average Bonchev–Trinajstić information content (AvgIpc) is 3.26. The summed E-state index contributed by atoms with van der Waals surface area (Å²) in [7, 11) is 3.12. The number of nitrogens with zero attached hydrogens (tertiary/aromatic N) is 5. The van der Waals surface area contributed by atoms with Crippen LogP contribution in [0, 0.1) is 0 Å². The molecule has 172 valence electrons. The van der Waals surface area contributed by atoms with Crippen molar-refractivity contribution in [3.8, 4) is 17.2 Å². The zero-order chi connectivity index (χ0) is 23.8. The van der Waals surface area contributed by atoms with Crippen molar-refractivity contribution in [1.82, 2.24) is 20.2 Å². The number of methoxy groups -OCH3 is 2. The molecule has 11 heteroatoms. The van der Waals surface area contributed by atoms with E-state index < -0.39 is 10.8 Å². The summed E-state index contributed by atoms with van der Waals surface area (Å²) in [5.74, 6) is 0.669. The summed E-state index contributed by atoms with van der Waals surface area (Å²) in [4.78, 5) is 27.9. The van der Waals surface area contributed by atoms with Crippen molar-refractivity contribution in [2.75, 3.05) is 24.4 Å². The Labute approximate surface area is 195 Å². The van der Waals surface area contributed by atoms with E-state index in [0.29, 0.717) is 33.7 Å². The van der Waals surface area contributed by atoms with Crippen molar-refractivity contribution in [2.24, 2.45) is 0 Å². The van der Waals surface area contributed by atoms with Gasteiger partial charge in [-0.25, -0.2) is 0 Å². The zero-order valence-electron chi connectivity index (χ0n) is 18.9. The molecule has 0 radical (unpaired) electrons. The molecule has 33 heavy (non-hydrogen) atoms. The zero-order valence-corrected chi connectivity index (χ0v) is 19.7. The van der Waals surface area contributed by atoms with E-state index in [1.807, 2.05) is 18.2 Å². The van der Waals surface area contributed by atoms with E-state index in [9.17, 15) is 9.59 Å². The first-order valence-corrected chi connectivity index (χ1v) is 11.1. The second kappa shape index (κ2) is 8.74. The minimum Gasteiger partial charge on any atom is -0.497 e. The van der Waals surface area contributed by atoms with Crippen LogP contribution in [-0.4, -0.2) is 57.0 Å². The molecule has 3 aromatic rings. The van der Waals surface area contributed by atoms with Crippen LogP contribution in [0.15, 0.2) is 47.6 Å². The number of amides is 2. The lowest BCUT2D eigenvalue weighted by Gasteiger charge is -2.43. The number of carbonyl (C=O) groups is 2. The number of rotatable bonds is 6. The van der Waals surface area contributed by atoms with Crippen LogP contribution >= 0.6 is 11.8 Å². The fourth-order valence-corrected chi connectivity index (χ4v) is 4.44. The number of tetrazole rings is 1. The molecule has 2 amide bonds. The molecule has 1 aromatic heterocycles. The molecule has 4 rings (SSSR count). The smallest absolute Gasteiger partial charge is 0.250 e. The summed E-state index contributed by atoms with van der Waals surface area (Å²) in [6, 6.07) is 12.5. The Morgan fingerprint density at radius 2 is 1.88 bits per heavy atom. The van der Waals surface area contributed by atoms with Gasteiger partial charge in [0.1, 0.15) is 22.7 Å². The molecule has 2 aromatic carbocycles. The summed E-state index contributed by atoms with van der Waals surface area (Å²) in [6.07, 6.45) is 0. The van der Waals surface area contributed by atoms with Gasteiger partial charge in [0.2, 0.25) is 17.0 Å². The Morgan fingerprint density at radius 1 is 1.12 bits per heavy atom. The van der Waals surface area contributed by atoms with Crippen molar-refractivity contribution in [3.05, 3.63) is 42.5 Å². The first kappa shape index (κ1) is 22.6. The monoisotopic (exact) mass is 468 g/mol. The Hall–Kier alpha value is -3.60. The molecular weight excluding hydrogens is 444 g/mol. The fourth-order valence-electron chi connectivity index (χ4n) is 3.60. The van der Waals surface area contributed by atoms with Crippen LogP contribution in [-0.2, 0) is 9.59 Å². The first-order valence-electron chi connectivity index (χ1n) is 10.2. The van der Waals surface area contributed by atoms with E-state index in [4.69, 9.17) is 9.47 Å². The minimum absolute atomic E-state index is 0.237. The van der Waals surface area contributed by atoms with Crippen LogP contribution in [0.5, 0.6) is 11.5 Å². The van der Waals surface area contributed by atoms with Crippen molar-refractivity contribution in [3.63, 3.8) is 0 Å². The van der Waals surface area contributed by atoms with E-state index in [1.165, 1.54) is 16.4 Å². The standard InChI is InChI=1S/C22H24N6O4S/c1-13(19(29)27-16-9-7-6-8-15(16)23-20(30)22(27,2)3)33-21-24-25-26-28(21)17-12-14(31-4)10-11-18(17)32-5/h6-13H,1-5H3,(H,23,30). The molecule has 0 aliphatic carbocycles. The highest BCUT2D eigenvalue weighted by atomic mass is 32.2. The summed E-state index contributed by atoms with van der Waals surface area (Å²) < 4.78 is 12.3. The second-order valence-electron chi connectivity index (χ2n) is 7.88. The molecule has 0 bridgehead atoms. The summed E-state index contributed by atoms with van der Waals surface area (Å²) in [6.45, 7) is 5.21. The molecule has 1 N–H and O–H groups in total. The predicted molar refractivity (Wildman–Crippen MR) is 124 cm³/mol. The number of anilines is 2. The molecule has 0 saturated heterocycles. The van der Waals surface area contributed by atoms with Crippen LogP contribution < -0.4 is 19.7 Å². The SMILES string of the molecule is COc1ccc(OC)c(-n2nnnc2SC(C)C(=O)N2c3ccccc3NC(=O)C2(C)C)c1. The van der Waals surface area contributed by atoms with Gasteiger partial charge in [0, 0.05) is 6.07 Å². The number of para-hydroxylation sites is 2. The topological polar surface area (TPSA) is 111 Å². The maximum atomic E-state index is 13.6. The summed E-state index contributed by atoms with van der Waals surface area (Å²) in [5.41, 5.74) is 0.751. The van der Waals surface area contributed by atoms with E-state index in [-0.39, 0.29) is 11.8 Å². The van der Waals surface area contributed by atoms with Gasteiger partial charge >= 0.3 is 0 Å². The highest BCUT2D eigenvalue weighted by molar-refractivity contribution is 8.00. The number of nitrogens with one attached hydrogen (secondary N) is 1. The van der Waals surface area contributed by atoms with Crippen LogP contribution in [0.2, 0.25) is 0 Å². The Bertz CT molecular complexity index is 1210. The first-order chi connectivity index (χ1) is 15.8. The van der Waals surface area contributed by atoms with Crippen LogP contribution in [0.3, 0.4) is 0 Å². The van der Waals surface area contributed by atoms with Crippen LogP contribution in [0.1, 0.15) is 20.8 Å². The molecule has 10 nitrogen and oxygen atoms in total. The largest absolute Gasteiger partial charge is 0.497 e. The lowest BCUT2D eigenvalue weighted by molar-refractivity contribution is -0.126. The quantitative estimate of drug-likeness (QED) is 0.550. The third-order valence-electron chi connectivity index (χ3n) is 5.41. The van der Waals surface area contributed by atoms with Crippen molar-refractivity contribution in [2.45, 2.75) is 36.7 Å². The molecule has 1 aliphatic rings. The van der Waals surface area contributed by atoms with Gasteiger partial charge in [0.05, 0.1) is 30.8 Å². The number of thioether (sulfide) groups is 1. The fraction of sp³-hybridized carbons (Fsp3) is 0.318. The Kier molecular flexibility index (Phi) is 5.98. The van der Waals surface area contributed by atoms with Gasteiger partial charge in [0.15, 0.2) is 0 Å². The second-order valence-corrected chi connectivity index (χ2v) is 9.18. The average molecular weight is 469 g/mol. The van der Waals surface area contributed by atoms with E-state index in [1.54, 1.807) is 64.2 Å². The van der Waals surface area contributed by atoms with Gasteiger partial charge in [-0.3, -0.25) is 14.5 Å². The van der Waals surface area contributed by atoms with E-state index in [0.717, 1.165) is 0 Å². The van der Waals surface area contributed by atoms with Gasteiger partial charge < -0.3 is 14.8 Å². The molecular formula is C22H24N6O4S. The minimum atomic E-state index is -1.07. The Balaban J connectivity index is 1.66. The summed E-state index contributed by atoms with van der Waals surface area (Å²) in [5, 5.41) is 14.7. The van der Waals surface area contributed by atoms with Gasteiger partial charge in [-0.05, 0) is 55.5 Å². The number of ether oxygens (including phenoxy) is 2. The number of benzene rings is 2. The van der Waals surface area contributed by atoms with Crippen molar-refractivity contribution < 1.29 is 19.1 Å². The van der Waals surface area contributed by atoms with Gasteiger partial charge in [-0.15, -0.1) is 5.10 Å².